The van der Waals surface area contributed by atoms with Crippen LogP contribution >= 0.6 is 15.9 Å². The Morgan fingerprint density at radius 2 is 1.95 bits per heavy atom. The molecule has 0 amide bonds. The zero-order valence-corrected chi connectivity index (χ0v) is 14.2. The van der Waals surface area contributed by atoms with Crippen LogP contribution in [0.3, 0.4) is 0 Å². The van der Waals surface area contributed by atoms with E-state index in [0.29, 0.717) is 19.1 Å². The van der Waals surface area contributed by atoms with Crippen LogP contribution in [0.4, 0.5) is 4.39 Å². The maximum absolute atomic E-state index is 13.6. The lowest BCUT2D eigenvalue weighted by molar-refractivity contribution is 0.246. The Hall–Kier alpha value is -0.500. The van der Waals surface area contributed by atoms with Crippen molar-refractivity contribution in [2.75, 3.05) is 20.1 Å². The highest BCUT2D eigenvalue weighted by Crippen LogP contribution is 2.31. The molecule has 1 aromatic carbocycles. The minimum atomic E-state index is -3.62. The van der Waals surface area contributed by atoms with E-state index in [0.717, 1.165) is 25.3 Å². The third-order valence-corrected chi connectivity index (χ3v) is 7.14. The van der Waals surface area contributed by atoms with Gasteiger partial charge in [-0.25, -0.2) is 12.8 Å². The number of rotatable bonds is 2. The number of hydrogen-bond acceptors (Lipinski definition) is 3. The van der Waals surface area contributed by atoms with E-state index in [1.807, 2.05) is 0 Å². The molecule has 2 saturated heterocycles. The highest BCUT2D eigenvalue weighted by atomic mass is 79.9. The molecule has 2 unspecified atom stereocenters. The van der Waals surface area contributed by atoms with Gasteiger partial charge in [-0.2, -0.15) is 4.31 Å². The summed E-state index contributed by atoms with van der Waals surface area (Å²) in [6.45, 7) is 0.999. The first-order valence-electron chi connectivity index (χ1n) is 7.07. The molecule has 0 saturated carbocycles. The van der Waals surface area contributed by atoms with E-state index in [1.54, 1.807) is 0 Å². The van der Waals surface area contributed by atoms with Crippen molar-refractivity contribution in [2.45, 2.75) is 36.2 Å². The molecule has 0 aromatic heterocycles. The minimum Gasteiger partial charge on any atom is -0.299 e. The fourth-order valence-corrected chi connectivity index (χ4v) is 5.03. The molecule has 2 bridgehead atoms. The number of benzene rings is 1. The van der Waals surface area contributed by atoms with Gasteiger partial charge in [0.25, 0.3) is 0 Å². The summed E-state index contributed by atoms with van der Waals surface area (Å²) in [7, 11) is -1.56. The van der Waals surface area contributed by atoms with Crippen molar-refractivity contribution in [3.63, 3.8) is 0 Å². The molecule has 21 heavy (non-hydrogen) atoms. The summed E-state index contributed by atoms with van der Waals surface area (Å²) in [5, 5.41) is 0. The van der Waals surface area contributed by atoms with Crippen LogP contribution in [0, 0.1) is 5.82 Å². The number of hydrogen-bond donors (Lipinski definition) is 0. The highest BCUT2D eigenvalue weighted by Gasteiger charge is 2.38. The molecule has 0 aliphatic carbocycles. The monoisotopic (exact) mass is 376 g/mol. The van der Waals surface area contributed by atoms with Crippen molar-refractivity contribution in [3.8, 4) is 0 Å². The third kappa shape index (κ3) is 2.76. The third-order valence-electron chi connectivity index (χ3n) is 4.64. The van der Waals surface area contributed by atoms with Gasteiger partial charge >= 0.3 is 0 Å². The molecule has 0 N–H and O–H groups in total. The second-order valence-electron chi connectivity index (χ2n) is 5.78. The molecule has 7 heteroatoms. The Morgan fingerprint density at radius 1 is 1.24 bits per heavy atom. The van der Waals surface area contributed by atoms with E-state index in [2.05, 4.69) is 27.9 Å². The SMILES string of the molecule is CN1C2CCC1CN(S(=O)(=O)c1ccc(Br)c(F)c1)CC2. The molecular formula is C14H18BrFN2O2S. The lowest BCUT2D eigenvalue weighted by Crippen LogP contribution is -2.39. The van der Waals surface area contributed by atoms with Gasteiger partial charge in [0.15, 0.2) is 0 Å². The van der Waals surface area contributed by atoms with Crippen LogP contribution in [-0.2, 0) is 10.0 Å². The predicted octanol–water partition coefficient (Wildman–Crippen LogP) is 2.45. The zero-order valence-electron chi connectivity index (χ0n) is 11.8. The first-order valence-corrected chi connectivity index (χ1v) is 9.30. The van der Waals surface area contributed by atoms with Crippen molar-refractivity contribution in [2.24, 2.45) is 0 Å². The first kappa shape index (κ1) is 15.4. The average Bonchev–Trinajstić information content (AvgIpc) is 2.65. The van der Waals surface area contributed by atoms with Crippen molar-refractivity contribution in [1.82, 2.24) is 9.21 Å². The van der Waals surface area contributed by atoms with Gasteiger partial charge in [0.2, 0.25) is 10.0 Å². The summed E-state index contributed by atoms with van der Waals surface area (Å²) in [6, 6.07) is 4.73. The van der Waals surface area contributed by atoms with Crippen molar-refractivity contribution >= 4 is 26.0 Å². The van der Waals surface area contributed by atoms with Crippen molar-refractivity contribution < 1.29 is 12.8 Å². The molecule has 2 atom stereocenters. The standard InChI is InChI=1S/C14H18BrFN2O2S/c1-17-10-2-3-11(17)9-18(7-6-10)21(19,20)12-4-5-13(15)14(16)8-12/h4-5,8,10-11H,2-3,6-7,9H2,1H3. The topological polar surface area (TPSA) is 40.6 Å². The lowest BCUT2D eigenvalue weighted by Gasteiger charge is -2.25. The Bertz CT molecular complexity index is 652. The molecule has 1 aromatic rings. The highest BCUT2D eigenvalue weighted by molar-refractivity contribution is 9.10. The van der Waals surface area contributed by atoms with Gasteiger partial charge in [-0.15, -0.1) is 0 Å². The van der Waals surface area contributed by atoms with Crippen LogP contribution < -0.4 is 0 Å². The van der Waals surface area contributed by atoms with Crippen molar-refractivity contribution in [3.05, 3.63) is 28.5 Å². The zero-order chi connectivity index (χ0) is 15.2. The second-order valence-corrected chi connectivity index (χ2v) is 8.57. The Balaban J connectivity index is 1.89. The molecule has 2 heterocycles. The van der Waals surface area contributed by atoms with Crippen LogP contribution in [0.25, 0.3) is 0 Å². The summed E-state index contributed by atoms with van der Waals surface area (Å²) in [5.74, 6) is -0.551. The number of sulfonamides is 1. The van der Waals surface area contributed by atoms with E-state index >= 15 is 0 Å². The van der Waals surface area contributed by atoms with Gasteiger partial charge < -0.3 is 0 Å². The first-order chi connectivity index (χ1) is 9.89. The van der Waals surface area contributed by atoms with Gasteiger partial charge in [-0.1, -0.05) is 0 Å². The summed E-state index contributed by atoms with van der Waals surface area (Å²) in [4.78, 5) is 2.32. The van der Waals surface area contributed by atoms with E-state index in [1.165, 1.54) is 16.4 Å². The summed E-state index contributed by atoms with van der Waals surface area (Å²) in [5.41, 5.74) is 0. The lowest BCUT2D eigenvalue weighted by atomic mass is 10.1. The minimum absolute atomic E-state index is 0.0311. The summed E-state index contributed by atoms with van der Waals surface area (Å²) < 4.78 is 40.8. The molecule has 0 radical (unpaired) electrons. The maximum atomic E-state index is 13.6. The fourth-order valence-electron chi connectivity index (χ4n) is 3.28. The molecule has 0 spiro atoms. The summed E-state index contributed by atoms with van der Waals surface area (Å²) >= 11 is 3.05. The fraction of sp³-hybridized carbons (Fsp3) is 0.571. The van der Waals surface area contributed by atoms with Gasteiger partial charge in [-0.3, -0.25) is 4.90 Å². The largest absolute Gasteiger partial charge is 0.299 e. The van der Waals surface area contributed by atoms with Gasteiger partial charge in [0.05, 0.1) is 9.37 Å². The molecule has 116 valence electrons. The van der Waals surface area contributed by atoms with E-state index in [4.69, 9.17) is 0 Å². The molecule has 3 rings (SSSR count). The molecule has 2 fully saturated rings. The van der Waals surface area contributed by atoms with Crippen LogP contribution in [0.2, 0.25) is 0 Å². The maximum Gasteiger partial charge on any atom is 0.243 e. The smallest absolute Gasteiger partial charge is 0.243 e. The Kier molecular flexibility index (Phi) is 4.11. The summed E-state index contributed by atoms with van der Waals surface area (Å²) in [6.07, 6.45) is 3.01. The van der Waals surface area contributed by atoms with Crippen LogP contribution in [-0.4, -0.2) is 49.8 Å². The average molecular weight is 377 g/mol. The number of fused-ring (bicyclic) bond motifs is 2. The number of nitrogens with zero attached hydrogens (tertiary/aromatic N) is 2. The van der Waals surface area contributed by atoms with Crippen LogP contribution in [0.15, 0.2) is 27.6 Å². The molecule has 2 aliphatic heterocycles. The number of halogens is 2. The van der Waals surface area contributed by atoms with Crippen molar-refractivity contribution in [1.29, 1.82) is 0 Å². The quantitative estimate of drug-likeness (QED) is 0.795. The predicted molar refractivity (Wildman–Crippen MR) is 82.0 cm³/mol. The Labute approximate surface area is 133 Å². The van der Waals surface area contributed by atoms with Gasteiger partial charge in [0.1, 0.15) is 5.82 Å². The normalized spacial score (nSPS) is 27.8. The van der Waals surface area contributed by atoms with E-state index < -0.39 is 15.8 Å². The second kappa shape index (κ2) is 5.61. The molecule has 2 aliphatic rings. The molecular weight excluding hydrogens is 359 g/mol. The van der Waals surface area contributed by atoms with Crippen LogP contribution in [0.5, 0.6) is 0 Å². The van der Waals surface area contributed by atoms with Gasteiger partial charge in [0, 0.05) is 25.2 Å². The number of likely N-dealkylation sites (N-methyl/N-ethyl adjacent to an activating group) is 1. The van der Waals surface area contributed by atoms with E-state index in [9.17, 15) is 12.8 Å². The van der Waals surface area contributed by atoms with E-state index in [-0.39, 0.29) is 15.4 Å². The Morgan fingerprint density at radius 3 is 2.67 bits per heavy atom. The molecule has 4 nitrogen and oxygen atoms in total. The van der Waals surface area contributed by atoms with Gasteiger partial charge in [-0.05, 0) is 60.4 Å². The van der Waals surface area contributed by atoms with Crippen LogP contribution in [0.1, 0.15) is 19.3 Å².